The van der Waals surface area contributed by atoms with Crippen LogP contribution in [0.15, 0.2) is 111 Å². The molecule has 5 N–H and O–H groups in total. The van der Waals surface area contributed by atoms with Crippen LogP contribution in [0.4, 0.5) is 5.69 Å². The summed E-state index contributed by atoms with van der Waals surface area (Å²) >= 11 is 1.07. The first-order chi connectivity index (χ1) is 16.9. The normalized spacial score (nSPS) is 11.5. The molecule has 0 aliphatic carbocycles. The molecule has 0 fully saturated rings. The number of aliphatic imine (C=N–C) groups is 1. The average molecular weight is 507 g/mol. The number of nitrogens with zero attached hydrogens (tertiary/aromatic N) is 1. The molecule has 8 nitrogen and oxygen atoms in total. The zero-order valence-corrected chi connectivity index (χ0v) is 20.0. The van der Waals surface area contributed by atoms with Gasteiger partial charge in [-0.15, -0.1) is 0 Å². The Morgan fingerprint density at radius 2 is 1.60 bits per heavy atom. The Labute approximate surface area is 207 Å². The first-order valence-electron chi connectivity index (χ1n) is 10.3. The van der Waals surface area contributed by atoms with Crippen molar-refractivity contribution in [2.45, 2.75) is 9.79 Å². The van der Waals surface area contributed by atoms with E-state index in [1.807, 2.05) is 30.3 Å². The number of thioether (sulfide) groups is 1. The number of fused-ring (bicyclic) bond motifs is 1. The molecule has 0 bridgehead atoms. The zero-order valence-electron chi connectivity index (χ0n) is 18.4. The molecule has 0 saturated heterocycles. The van der Waals surface area contributed by atoms with Gasteiger partial charge in [0, 0.05) is 10.8 Å². The lowest BCUT2D eigenvalue weighted by atomic mass is 10.1. The lowest BCUT2D eigenvalue weighted by molar-refractivity contribution is 0.469. The first kappa shape index (κ1) is 24.1. The van der Waals surface area contributed by atoms with Crippen LogP contribution < -0.4 is 20.7 Å². The number of hydrogen-bond acceptors (Lipinski definition) is 7. The minimum Gasteiger partial charge on any atom is -0.506 e. The SMILES string of the molecule is C=C(N=CNN)Sc1cc(NS(=O)(=O)c2ccc(Oc3ccccc3)cc2)c2ccccc2c1O. The van der Waals surface area contributed by atoms with Crippen LogP contribution >= 0.6 is 11.8 Å². The minimum atomic E-state index is -3.94. The number of anilines is 1. The van der Waals surface area contributed by atoms with Crippen molar-refractivity contribution in [3.8, 4) is 17.2 Å². The molecule has 10 heteroatoms. The number of phenolic OH excluding ortho intramolecular Hbond substituents is 1. The molecule has 0 spiro atoms. The molecule has 35 heavy (non-hydrogen) atoms. The van der Waals surface area contributed by atoms with E-state index < -0.39 is 10.0 Å². The second-order valence-electron chi connectivity index (χ2n) is 7.23. The van der Waals surface area contributed by atoms with Crippen LogP contribution in [-0.2, 0) is 10.0 Å². The second kappa shape index (κ2) is 10.5. The van der Waals surface area contributed by atoms with Gasteiger partial charge in [0.15, 0.2) is 0 Å². The van der Waals surface area contributed by atoms with Gasteiger partial charge in [-0.1, -0.05) is 60.8 Å². The molecule has 0 amide bonds. The summed E-state index contributed by atoms with van der Waals surface area (Å²) in [7, 11) is -3.94. The fourth-order valence-corrected chi connectivity index (χ4v) is 5.09. The number of ether oxygens (including phenoxy) is 1. The van der Waals surface area contributed by atoms with Crippen LogP contribution in [0.1, 0.15) is 0 Å². The Balaban J connectivity index is 1.64. The number of benzene rings is 4. The first-order valence-corrected chi connectivity index (χ1v) is 12.6. The fourth-order valence-electron chi connectivity index (χ4n) is 3.27. The summed E-state index contributed by atoms with van der Waals surface area (Å²) in [5, 5.41) is 12.1. The number of para-hydroxylation sites is 1. The number of nitrogens with one attached hydrogen (secondary N) is 2. The van der Waals surface area contributed by atoms with Crippen molar-refractivity contribution < 1.29 is 18.3 Å². The molecule has 4 aromatic rings. The van der Waals surface area contributed by atoms with E-state index in [1.54, 1.807) is 42.5 Å². The molecule has 0 atom stereocenters. The van der Waals surface area contributed by atoms with E-state index in [9.17, 15) is 13.5 Å². The van der Waals surface area contributed by atoms with Gasteiger partial charge in [-0.2, -0.15) is 0 Å². The Bertz CT molecular complexity index is 1490. The maximum Gasteiger partial charge on any atom is 0.261 e. The molecule has 0 aromatic heterocycles. The Morgan fingerprint density at radius 3 is 2.29 bits per heavy atom. The summed E-state index contributed by atoms with van der Waals surface area (Å²) in [4.78, 5) is 4.44. The van der Waals surface area contributed by atoms with Crippen molar-refractivity contribution in [2.75, 3.05) is 4.72 Å². The molecule has 0 unspecified atom stereocenters. The molecule has 0 aliphatic heterocycles. The second-order valence-corrected chi connectivity index (χ2v) is 10.0. The highest BCUT2D eigenvalue weighted by Gasteiger charge is 2.19. The largest absolute Gasteiger partial charge is 0.506 e. The Morgan fingerprint density at radius 1 is 0.971 bits per heavy atom. The monoisotopic (exact) mass is 506 g/mol. The molecule has 0 radical (unpaired) electrons. The minimum absolute atomic E-state index is 0.00646. The van der Waals surface area contributed by atoms with Gasteiger partial charge in [-0.05, 0) is 42.5 Å². The number of phenols is 1. The van der Waals surface area contributed by atoms with Crippen LogP contribution in [0.3, 0.4) is 0 Å². The summed E-state index contributed by atoms with van der Waals surface area (Å²) in [6, 6.07) is 23.8. The summed E-state index contributed by atoms with van der Waals surface area (Å²) in [5.74, 6) is 6.34. The Kier molecular flexibility index (Phi) is 7.25. The van der Waals surface area contributed by atoms with Gasteiger partial charge in [0.05, 0.1) is 20.5 Å². The Hall–Kier alpha value is -3.99. The molecule has 0 heterocycles. The topological polar surface area (TPSA) is 126 Å². The molecular weight excluding hydrogens is 484 g/mol. The van der Waals surface area contributed by atoms with Gasteiger partial charge >= 0.3 is 0 Å². The fraction of sp³-hybridized carbons (Fsp3) is 0. The molecule has 4 rings (SSSR count). The van der Waals surface area contributed by atoms with E-state index in [4.69, 9.17) is 10.6 Å². The number of rotatable bonds is 9. The lowest BCUT2D eigenvalue weighted by Crippen LogP contribution is -2.18. The highest BCUT2D eigenvalue weighted by molar-refractivity contribution is 8.03. The maximum absolute atomic E-state index is 13.2. The summed E-state index contributed by atoms with van der Waals surface area (Å²) in [6.07, 6.45) is 1.25. The van der Waals surface area contributed by atoms with Crippen LogP contribution in [0.2, 0.25) is 0 Å². The van der Waals surface area contributed by atoms with Crippen LogP contribution in [0, 0.1) is 0 Å². The predicted molar refractivity (Wildman–Crippen MR) is 140 cm³/mol. The van der Waals surface area contributed by atoms with E-state index in [0.29, 0.717) is 37.9 Å². The maximum atomic E-state index is 13.2. The smallest absolute Gasteiger partial charge is 0.261 e. The van der Waals surface area contributed by atoms with Crippen molar-refractivity contribution in [1.82, 2.24) is 5.43 Å². The zero-order chi connectivity index (χ0) is 24.8. The van der Waals surface area contributed by atoms with Crippen LogP contribution in [0.5, 0.6) is 17.2 Å². The van der Waals surface area contributed by atoms with Crippen LogP contribution in [-0.4, -0.2) is 19.9 Å². The van der Waals surface area contributed by atoms with Gasteiger partial charge in [-0.25, -0.2) is 19.3 Å². The van der Waals surface area contributed by atoms with E-state index in [0.717, 1.165) is 11.8 Å². The van der Waals surface area contributed by atoms with E-state index in [1.165, 1.54) is 18.5 Å². The van der Waals surface area contributed by atoms with Crippen LogP contribution in [0.25, 0.3) is 10.8 Å². The van der Waals surface area contributed by atoms with E-state index in [2.05, 4.69) is 21.7 Å². The summed E-state index contributed by atoms with van der Waals surface area (Å²) in [5.41, 5.74) is 2.58. The third kappa shape index (κ3) is 5.75. The predicted octanol–water partition coefficient (Wildman–Crippen LogP) is 5.19. The molecule has 0 saturated carbocycles. The lowest BCUT2D eigenvalue weighted by Gasteiger charge is -2.15. The van der Waals surface area contributed by atoms with E-state index in [-0.39, 0.29) is 10.6 Å². The summed E-state index contributed by atoms with van der Waals surface area (Å²) in [6.45, 7) is 3.81. The summed E-state index contributed by atoms with van der Waals surface area (Å²) < 4.78 is 34.8. The number of hydrazine groups is 1. The van der Waals surface area contributed by atoms with Gasteiger partial charge in [0.2, 0.25) is 0 Å². The van der Waals surface area contributed by atoms with Crippen molar-refractivity contribution in [2.24, 2.45) is 10.8 Å². The standard InChI is InChI=1S/C25H22N4O4S2/c1-17(27-16-28-26)34-24-15-23(21-9-5-6-10-22(21)25(24)30)29-35(31,32)20-13-11-19(12-14-20)33-18-7-3-2-4-8-18/h2-16,29-30H,1,26H2,(H,27,28). The number of nitrogens with two attached hydrogens (primary N) is 1. The number of sulfonamides is 1. The van der Waals surface area contributed by atoms with Gasteiger partial charge in [0.1, 0.15) is 23.6 Å². The van der Waals surface area contributed by atoms with Crippen molar-refractivity contribution in [1.29, 1.82) is 0 Å². The van der Waals surface area contributed by atoms with E-state index >= 15 is 0 Å². The molecular formula is C25H22N4O4S2. The van der Waals surface area contributed by atoms with Gasteiger partial charge in [0.25, 0.3) is 10.0 Å². The third-order valence-corrected chi connectivity index (χ3v) is 7.10. The molecule has 4 aromatic carbocycles. The average Bonchev–Trinajstić information content (AvgIpc) is 2.86. The van der Waals surface area contributed by atoms with Crippen molar-refractivity contribution in [3.05, 3.63) is 96.5 Å². The highest BCUT2D eigenvalue weighted by atomic mass is 32.2. The van der Waals surface area contributed by atoms with Gasteiger partial charge in [-0.3, -0.25) is 4.72 Å². The highest BCUT2D eigenvalue weighted by Crippen LogP contribution is 2.42. The van der Waals surface area contributed by atoms with Crippen molar-refractivity contribution >= 4 is 44.6 Å². The quantitative estimate of drug-likeness (QED) is 0.0614. The van der Waals surface area contributed by atoms with Crippen molar-refractivity contribution in [3.63, 3.8) is 0 Å². The van der Waals surface area contributed by atoms with Gasteiger partial charge < -0.3 is 15.3 Å². The number of hydrogen-bond donors (Lipinski definition) is 4. The number of aromatic hydroxyl groups is 1. The molecule has 178 valence electrons. The molecule has 0 aliphatic rings. The third-order valence-electron chi connectivity index (χ3n) is 4.85.